The summed E-state index contributed by atoms with van der Waals surface area (Å²) in [7, 11) is 0. The van der Waals surface area contributed by atoms with Gasteiger partial charge in [-0.2, -0.15) is 5.10 Å². The molecule has 98 valence electrons. The van der Waals surface area contributed by atoms with Gasteiger partial charge in [0.1, 0.15) is 5.75 Å². The standard InChI is InChI=1S/C12H13F3N2O/c1-11(2)6-8-3-4-10(18-12(13,14)15)5-9(8)7-16-17-11/h3-5,7,17H,6H2,1-2H3. The van der Waals surface area contributed by atoms with Crippen LogP contribution >= 0.6 is 0 Å². The second kappa shape index (κ2) is 4.19. The summed E-state index contributed by atoms with van der Waals surface area (Å²) in [6.07, 6.45) is -2.49. The number of rotatable bonds is 1. The molecular formula is C12H13F3N2O. The molecule has 1 aromatic rings. The van der Waals surface area contributed by atoms with Gasteiger partial charge in [-0.3, -0.25) is 0 Å². The molecule has 0 unspecified atom stereocenters. The van der Waals surface area contributed by atoms with E-state index in [2.05, 4.69) is 15.3 Å². The summed E-state index contributed by atoms with van der Waals surface area (Å²) >= 11 is 0. The van der Waals surface area contributed by atoms with Crippen LogP contribution in [-0.4, -0.2) is 18.1 Å². The number of benzene rings is 1. The maximum atomic E-state index is 12.1. The highest BCUT2D eigenvalue weighted by Crippen LogP contribution is 2.27. The summed E-state index contributed by atoms with van der Waals surface area (Å²) in [5.41, 5.74) is 4.28. The number of ether oxygens (including phenoxy) is 1. The Morgan fingerprint density at radius 2 is 2.06 bits per heavy atom. The molecule has 1 N–H and O–H groups in total. The molecule has 0 aliphatic carbocycles. The number of alkyl halides is 3. The van der Waals surface area contributed by atoms with Crippen LogP contribution in [0.5, 0.6) is 5.75 Å². The first-order valence-corrected chi connectivity index (χ1v) is 5.44. The molecule has 1 aliphatic rings. The molecule has 0 saturated heterocycles. The molecule has 1 heterocycles. The molecule has 0 fully saturated rings. The normalized spacial score (nSPS) is 17.6. The van der Waals surface area contributed by atoms with Gasteiger partial charge in [0, 0.05) is 5.56 Å². The van der Waals surface area contributed by atoms with E-state index in [1.165, 1.54) is 18.3 Å². The first-order valence-electron chi connectivity index (χ1n) is 5.44. The van der Waals surface area contributed by atoms with Gasteiger partial charge in [0.2, 0.25) is 0 Å². The molecule has 0 bridgehead atoms. The molecule has 2 rings (SSSR count). The molecule has 0 atom stereocenters. The molecule has 6 heteroatoms. The van der Waals surface area contributed by atoms with Crippen molar-refractivity contribution >= 4 is 6.21 Å². The average Bonchev–Trinajstić information content (AvgIpc) is 2.32. The Balaban J connectivity index is 2.30. The third-order valence-electron chi connectivity index (χ3n) is 2.55. The Kier molecular flexibility index (Phi) is 2.96. The number of nitrogens with one attached hydrogen (secondary N) is 1. The van der Waals surface area contributed by atoms with Crippen molar-refractivity contribution in [1.82, 2.24) is 5.43 Å². The maximum Gasteiger partial charge on any atom is 0.573 e. The van der Waals surface area contributed by atoms with Crippen LogP contribution in [0, 0.1) is 0 Å². The third-order valence-corrected chi connectivity index (χ3v) is 2.55. The van der Waals surface area contributed by atoms with E-state index in [0.29, 0.717) is 12.0 Å². The van der Waals surface area contributed by atoms with Crippen molar-refractivity contribution in [2.45, 2.75) is 32.2 Å². The van der Waals surface area contributed by atoms with Gasteiger partial charge in [-0.15, -0.1) is 13.2 Å². The van der Waals surface area contributed by atoms with Crippen LogP contribution in [0.15, 0.2) is 23.3 Å². The predicted molar refractivity (Wildman–Crippen MR) is 61.6 cm³/mol. The van der Waals surface area contributed by atoms with E-state index < -0.39 is 6.36 Å². The second-order valence-electron chi connectivity index (χ2n) is 4.84. The van der Waals surface area contributed by atoms with Crippen LogP contribution in [0.1, 0.15) is 25.0 Å². The molecule has 0 amide bonds. The van der Waals surface area contributed by atoms with Crippen molar-refractivity contribution < 1.29 is 17.9 Å². The molecular weight excluding hydrogens is 245 g/mol. The number of hydrazone groups is 1. The van der Waals surface area contributed by atoms with Crippen molar-refractivity contribution in [1.29, 1.82) is 0 Å². The average molecular weight is 258 g/mol. The van der Waals surface area contributed by atoms with Crippen molar-refractivity contribution in [2.24, 2.45) is 5.10 Å². The lowest BCUT2D eigenvalue weighted by atomic mass is 9.93. The van der Waals surface area contributed by atoms with Gasteiger partial charge in [0.25, 0.3) is 0 Å². The first-order chi connectivity index (χ1) is 8.25. The Morgan fingerprint density at radius 1 is 1.33 bits per heavy atom. The Labute approximate surface area is 103 Å². The molecule has 1 aliphatic heterocycles. The van der Waals surface area contributed by atoms with E-state index in [4.69, 9.17) is 0 Å². The summed E-state index contributed by atoms with van der Waals surface area (Å²) < 4.78 is 40.2. The van der Waals surface area contributed by atoms with Crippen LogP contribution < -0.4 is 10.2 Å². The summed E-state index contributed by atoms with van der Waals surface area (Å²) in [5, 5.41) is 3.99. The second-order valence-corrected chi connectivity index (χ2v) is 4.84. The number of fused-ring (bicyclic) bond motifs is 1. The van der Waals surface area contributed by atoms with Gasteiger partial charge in [-0.25, -0.2) is 0 Å². The van der Waals surface area contributed by atoms with E-state index in [0.717, 1.165) is 5.56 Å². The van der Waals surface area contributed by atoms with Gasteiger partial charge >= 0.3 is 6.36 Å². The minimum Gasteiger partial charge on any atom is -0.406 e. The Hall–Kier alpha value is -1.72. The number of halogens is 3. The topological polar surface area (TPSA) is 33.6 Å². The number of hydrogen-bond acceptors (Lipinski definition) is 3. The largest absolute Gasteiger partial charge is 0.573 e. The molecule has 3 nitrogen and oxygen atoms in total. The quantitative estimate of drug-likeness (QED) is 0.840. The Bertz CT molecular complexity index is 481. The Morgan fingerprint density at radius 3 is 2.72 bits per heavy atom. The lowest BCUT2D eigenvalue weighted by Crippen LogP contribution is -2.36. The minimum atomic E-state index is -4.67. The van der Waals surface area contributed by atoms with Crippen LogP contribution in [0.3, 0.4) is 0 Å². The van der Waals surface area contributed by atoms with E-state index in [-0.39, 0.29) is 11.3 Å². The van der Waals surface area contributed by atoms with Gasteiger partial charge in [-0.1, -0.05) is 6.07 Å². The zero-order valence-electron chi connectivity index (χ0n) is 10.0. The monoisotopic (exact) mass is 258 g/mol. The van der Waals surface area contributed by atoms with Gasteiger partial charge in [-0.05, 0) is 38.0 Å². The SMILES string of the molecule is CC1(C)Cc2ccc(OC(F)(F)F)cc2C=NN1. The van der Waals surface area contributed by atoms with E-state index in [1.54, 1.807) is 6.07 Å². The molecule has 0 radical (unpaired) electrons. The summed E-state index contributed by atoms with van der Waals surface area (Å²) in [6, 6.07) is 4.30. The highest BCUT2D eigenvalue weighted by atomic mass is 19.4. The minimum absolute atomic E-state index is 0.228. The zero-order valence-corrected chi connectivity index (χ0v) is 10.0. The lowest BCUT2D eigenvalue weighted by Gasteiger charge is -2.22. The fourth-order valence-corrected chi connectivity index (χ4v) is 1.84. The first kappa shape index (κ1) is 12.7. The number of hydrogen-bond donors (Lipinski definition) is 1. The summed E-state index contributed by atoms with van der Waals surface area (Å²) in [4.78, 5) is 0. The van der Waals surface area contributed by atoms with E-state index >= 15 is 0 Å². The van der Waals surface area contributed by atoms with Gasteiger partial charge in [0.15, 0.2) is 0 Å². The van der Waals surface area contributed by atoms with Crippen LogP contribution in [0.25, 0.3) is 0 Å². The molecule has 1 aromatic carbocycles. The van der Waals surface area contributed by atoms with Gasteiger partial charge < -0.3 is 10.2 Å². The van der Waals surface area contributed by atoms with Crippen LogP contribution in [-0.2, 0) is 6.42 Å². The molecule has 18 heavy (non-hydrogen) atoms. The van der Waals surface area contributed by atoms with Crippen molar-refractivity contribution in [3.63, 3.8) is 0 Å². The molecule has 0 saturated carbocycles. The van der Waals surface area contributed by atoms with Crippen LogP contribution in [0.4, 0.5) is 13.2 Å². The van der Waals surface area contributed by atoms with E-state index in [1.807, 2.05) is 13.8 Å². The third kappa shape index (κ3) is 3.15. The fourth-order valence-electron chi connectivity index (χ4n) is 1.84. The lowest BCUT2D eigenvalue weighted by molar-refractivity contribution is -0.274. The summed E-state index contributed by atoms with van der Waals surface area (Å²) in [5.74, 6) is -0.229. The highest BCUT2D eigenvalue weighted by Gasteiger charge is 2.31. The highest BCUT2D eigenvalue weighted by molar-refractivity contribution is 5.82. The maximum absolute atomic E-state index is 12.1. The van der Waals surface area contributed by atoms with Crippen molar-refractivity contribution in [2.75, 3.05) is 0 Å². The van der Waals surface area contributed by atoms with Crippen LogP contribution in [0.2, 0.25) is 0 Å². The predicted octanol–water partition coefficient (Wildman–Crippen LogP) is 2.84. The van der Waals surface area contributed by atoms with Gasteiger partial charge in [0.05, 0.1) is 11.8 Å². The molecule has 0 aromatic heterocycles. The molecule has 0 spiro atoms. The summed E-state index contributed by atoms with van der Waals surface area (Å²) in [6.45, 7) is 3.94. The fraction of sp³-hybridized carbons (Fsp3) is 0.417. The van der Waals surface area contributed by atoms with Crippen molar-refractivity contribution in [3.05, 3.63) is 29.3 Å². The smallest absolute Gasteiger partial charge is 0.406 e. The number of nitrogens with zero attached hydrogens (tertiary/aromatic N) is 1. The van der Waals surface area contributed by atoms with E-state index in [9.17, 15) is 13.2 Å². The zero-order chi connectivity index (χ0) is 13.4. The van der Waals surface area contributed by atoms with Crippen molar-refractivity contribution in [3.8, 4) is 5.75 Å².